The highest BCUT2D eigenvalue weighted by molar-refractivity contribution is 14.1. The van der Waals surface area contributed by atoms with E-state index in [-0.39, 0.29) is 39.9 Å². The number of thiazole rings is 1. The smallest absolute Gasteiger partial charge is 0.413 e. The van der Waals surface area contributed by atoms with E-state index >= 15 is 0 Å². The van der Waals surface area contributed by atoms with Crippen molar-refractivity contribution in [2.24, 2.45) is 5.16 Å². The molecule has 2 aliphatic rings. The lowest BCUT2D eigenvalue weighted by Gasteiger charge is -2.49. The first-order chi connectivity index (χ1) is 30.2. The van der Waals surface area contributed by atoms with E-state index in [1.807, 2.05) is 22.6 Å². The van der Waals surface area contributed by atoms with Crippen LogP contribution in [0.15, 0.2) is 70.3 Å². The number of nitrogens with one attached hydrogen (secondary N) is 2. The Morgan fingerprint density at radius 3 is 2.05 bits per heavy atom. The van der Waals surface area contributed by atoms with Crippen molar-refractivity contribution in [3.8, 4) is 11.5 Å². The quantitative estimate of drug-likeness (QED) is 0.0267. The van der Waals surface area contributed by atoms with E-state index in [0.717, 1.165) is 16.2 Å². The number of alkyl halides is 1. The van der Waals surface area contributed by atoms with Crippen LogP contribution in [0.2, 0.25) is 0 Å². The fraction of sp³-hybridized carbons (Fsp3) is 0.429. The van der Waals surface area contributed by atoms with Crippen LogP contribution in [0.25, 0.3) is 0 Å². The Hall–Kier alpha value is -5.46. The van der Waals surface area contributed by atoms with Crippen molar-refractivity contribution in [3.05, 3.63) is 82.0 Å². The molecule has 0 saturated carbocycles. The zero-order valence-electron chi connectivity index (χ0n) is 36.2. The summed E-state index contributed by atoms with van der Waals surface area (Å²) < 4.78 is 46.0. The van der Waals surface area contributed by atoms with E-state index in [1.165, 1.54) is 19.6 Å². The van der Waals surface area contributed by atoms with Crippen LogP contribution in [0.4, 0.5) is 9.93 Å². The number of rotatable bonds is 17. The second-order valence-electron chi connectivity index (χ2n) is 16.0. The zero-order chi connectivity index (χ0) is 46.9. The summed E-state index contributed by atoms with van der Waals surface area (Å²) in [4.78, 5) is 91.6. The van der Waals surface area contributed by atoms with E-state index in [9.17, 15) is 33.3 Å². The first kappa shape index (κ1) is 49.6. The Morgan fingerprint density at radius 2 is 1.50 bits per heavy atom. The maximum absolute atomic E-state index is 14.2. The van der Waals surface area contributed by atoms with E-state index in [2.05, 4.69) is 20.8 Å². The number of nitrogens with zero attached hydrogens (tertiary/aromatic N) is 3. The lowest BCUT2D eigenvalue weighted by molar-refractivity contribution is -0.169. The maximum Gasteiger partial charge on any atom is 0.413 e. The Balaban J connectivity index is 1.41. The van der Waals surface area contributed by atoms with Gasteiger partial charge in [-0.25, -0.2) is 19.4 Å². The van der Waals surface area contributed by atoms with Crippen molar-refractivity contribution in [1.82, 2.24) is 15.2 Å². The van der Waals surface area contributed by atoms with Crippen LogP contribution in [0.5, 0.6) is 11.5 Å². The third-order valence-electron chi connectivity index (χ3n) is 8.79. The molecule has 1 aromatic heterocycles. The number of β-lactam (4-membered cyclic amide) rings is 1. The van der Waals surface area contributed by atoms with Gasteiger partial charge in [0, 0.05) is 15.4 Å². The minimum Gasteiger partial charge on any atom is -0.614 e. The van der Waals surface area contributed by atoms with Crippen LogP contribution in [-0.2, 0) is 72.1 Å². The molecule has 1 saturated heterocycles. The Morgan fingerprint density at radius 1 is 0.922 bits per heavy atom. The van der Waals surface area contributed by atoms with E-state index in [0.29, 0.717) is 28.2 Å². The highest BCUT2D eigenvalue weighted by Crippen LogP contribution is 2.38. The van der Waals surface area contributed by atoms with Crippen LogP contribution in [0.3, 0.4) is 0 Å². The summed E-state index contributed by atoms with van der Waals surface area (Å²) in [6, 6.07) is 12.1. The highest BCUT2D eigenvalue weighted by atomic mass is 127. The third kappa shape index (κ3) is 13.3. The number of amides is 3. The van der Waals surface area contributed by atoms with E-state index in [1.54, 1.807) is 90.1 Å². The normalized spacial score (nSPS) is 17.8. The zero-order valence-corrected chi connectivity index (χ0v) is 40.0. The van der Waals surface area contributed by atoms with Crippen LogP contribution in [0.1, 0.15) is 64.8 Å². The van der Waals surface area contributed by atoms with Crippen molar-refractivity contribution in [2.75, 3.05) is 29.7 Å². The number of esters is 3. The standard InChI is InChI=1S/C42H48IN5O14S2/c1-41(2,3)60-30(49)17-29(37(52)58-19-23-9-13-26(56-7)14-10-23)62-47-31(28-21-63-39(44-28)46-40(54)61-42(4,5)6)34(50)45-32-35(51)48-33(25(18-43)22-64(55)36(32)48)38(53)59-20-24-11-15-27(57-8)16-12-24/h9-16,21,29,32,36H,17-20,22H2,1-8H3,(H,45,50)(H,44,46,54)/b47-31-/t29-,32+,36+,64+/m0/s1. The molecule has 2 N–H and O–H groups in total. The summed E-state index contributed by atoms with van der Waals surface area (Å²) in [6.07, 6.45) is -3.30. The molecule has 3 amide bonds. The van der Waals surface area contributed by atoms with Gasteiger partial charge >= 0.3 is 24.0 Å². The number of benzene rings is 2. The summed E-state index contributed by atoms with van der Waals surface area (Å²) in [7, 11) is 3.02. The molecule has 0 radical (unpaired) electrons. The molecule has 0 aliphatic carbocycles. The van der Waals surface area contributed by atoms with E-state index < -0.39 is 87.8 Å². The Kier molecular flexibility index (Phi) is 16.6. The Bertz CT molecular complexity index is 2270. The van der Waals surface area contributed by atoms with Gasteiger partial charge in [0.05, 0.1) is 20.6 Å². The van der Waals surface area contributed by atoms with Gasteiger partial charge in [-0.3, -0.25) is 24.6 Å². The highest BCUT2D eigenvalue weighted by Gasteiger charge is 2.61. The van der Waals surface area contributed by atoms with Crippen LogP contribution in [-0.4, -0.2) is 109 Å². The summed E-state index contributed by atoms with van der Waals surface area (Å²) in [5, 5.41) is 9.10. The average molecular weight is 1040 g/mol. The first-order valence-electron chi connectivity index (χ1n) is 19.5. The second-order valence-corrected chi connectivity index (χ2v) is 19.2. The minimum absolute atomic E-state index is 0.0255. The lowest BCUT2D eigenvalue weighted by atomic mass is 10.0. The fourth-order valence-electron chi connectivity index (χ4n) is 5.91. The van der Waals surface area contributed by atoms with Gasteiger partial charge in [0.15, 0.2) is 16.9 Å². The summed E-state index contributed by atoms with van der Waals surface area (Å²) in [6.45, 7) is 9.52. The van der Waals surface area contributed by atoms with Crippen LogP contribution >= 0.6 is 33.9 Å². The number of hydrogen-bond donors (Lipinski definition) is 2. The molecule has 64 heavy (non-hydrogen) atoms. The van der Waals surface area contributed by atoms with Gasteiger partial charge in [-0.1, -0.05) is 52.0 Å². The van der Waals surface area contributed by atoms with Gasteiger partial charge < -0.3 is 43.1 Å². The monoisotopic (exact) mass is 1040 g/mol. The number of ether oxygens (including phenoxy) is 6. The molecule has 4 atom stereocenters. The molecule has 0 spiro atoms. The molecular weight excluding hydrogens is 990 g/mol. The predicted octanol–water partition coefficient (Wildman–Crippen LogP) is 4.92. The van der Waals surface area contributed by atoms with Crippen LogP contribution < -0.4 is 20.1 Å². The maximum atomic E-state index is 14.2. The number of methoxy groups -OCH3 is 2. The largest absolute Gasteiger partial charge is 0.614 e. The SMILES string of the molecule is COc1ccc(COC(=O)C2=C(CI)C[S@@+]([O-])[C@@H]3[C@H](NC(=O)/C(=N\O[C@@H](CC(=O)OC(C)(C)C)C(=O)OCc4ccc(OC)cc4)c4csc(NC(=O)OC(C)(C)C)n4)C(=O)N23)cc1. The Labute approximate surface area is 389 Å². The second kappa shape index (κ2) is 21.5. The lowest BCUT2D eigenvalue weighted by Crippen LogP contribution is -2.75. The number of carbonyl (C=O) groups is 6. The number of anilines is 1. The van der Waals surface area contributed by atoms with Gasteiger partial charge in [-0.05, 0) is 88.1 Å². The van der Waals surface area contributed by atoms with Gasteiger partial charge in [0.25, 0.3) is 11.8 Å². The third-order valence-corrected chi connectivity index (χ3v) is 12.1. The summed E-state index contributed by atoms with van der Waals surface area (Å²) in [5.74, 6) is -3.46. The number of oxime groups is 1. The van der Waals surface area contributed by atoms with Crippen molar-refractivity contribution in [2.45, 2.75) is 89.9 Å². The van der Waals surface area contributed by atoms with Crippen molar-refractivity contribution < 1.29 is 66.6 Å². The molecule has 0 unspecified atom stereocenters. The number of fused-ring (bicyclic) bond motifs is 1. The number of hydrogen-bond acceptors (Lipinski definition) is 17. The van der Waals surface area contributed by atoms with Gasteiger partial charge in [-0.2, -0.15) is 0 Å². The predicted molar refractivity (Wildman–Crippen MR) is 241 cm³/mol. The van der Waals surface area contributed by atoms with Gasteiger partial charge in [0.2, 0.25) is 11.5 Å². The van der Waals surface area contributed by atoms with Crippen molar-refractivity contribution in [1.29, 1.82) is 0 Å². The summed E-state index contributed by atoms with van der Waals surface area (Å²) in [5.41, 5.74) is -1.01. The number of aromatic nitrogens is 1. The number of carbonyl (C=O) groups excluding carboxylic acids is 6. The molecule has 5 rings (SSSR count). The van der Waals surface area contributed by atoms with Gasteiger partial charge in [-0.15, -0.1) is 11.3 Å². The molecule has 3 heterocycles. The molecule has 0 bridgehead atoms. The minimum atomic E-state index is -1.79. The molecule has 1 fully saturated rings. The van der Waals surface area contributed by atoms with Crippen molar-refractivity contribution in [3.63, 3.8) is 0 Å². The van der Waals surface area contributed by atoms with Gasteiger partial charge in [0.1, 0.15) is 53.1 Å². The average Bonchev–Trinajstić information content (AvgIpc) is 3.69. The summed E-state index contributed by atoms with van der Waals surface area (Å²) >= 11 is 1.10. The molecule has 19 nitrogen and oxygen atoms in total. The molecule has 22 heteroatoms. The molecule has 2 aliphatic heterocycles. The molecule has 344 valence electrons. The number of halogens is 1. The van der Waals surface area contributed by atoms with Crippen molar-refractivity contribution >= 4 is 91.8 Å². The molecular formula is C42H48IN5O14S2. The first-order valence-corrected chi connectivity index (χ1v) is 23.3. The van der Waals surface area contributed by atoms with Crippen LogP contribution in [0, 0.1) is 0 Å². The molecule has 3 aromatic rings. The molecule has 2 aromatic carbocycles. The van der Waals surface area contributed by atoms with E-state index in [4.69, 9.17) is 33.3 Å². The fourth-order valence-corrected chi connectivity index (χ4v) is 9.28. The topological polar surface area (TPSA) is 243 Å².